The molecule has 0 amide bonds. The Kier molecular flexibility index (Phi) is 3.72. The fourth-order valence-corrected chi connectivity index (χ4v) is 1.70. The molecule has 0 aromatic heterocycles. The van der Waals surface area contributed by atoms with Crippen LogP contribution in [0.1, 0.15) is 12.5 Å². The first kappa shape index (κ1) is 12.3. The van der Waals surface area contributed by atoms with E-state index >= 15 is 0 Å². The molecule has 2 nitrogen and oxygen atoms in total. The van der Waals surface area contributed by atoms with E-state index in [1.807, 2.05) is 36.4 Å². The first-order chi connectivity index (χ1) is 8.70. The molecule has 92 valence electrons. The highest BCUT2D eigenvalue weighted by molar-refractivity contribution is 5.92. The minimum atomic E-state index is -0.925. The van der Waals surface area contributed by atoms with Gasteiger partial charge >= 0.3 is 5.97 Å². The van der Waals surface area contributed by atoms with Gasteiger partial charge in [0.2, 0.25) is 5.83 Å². The summed E-state index contributed by atoms with van der Waals surface area (Å²) in [6.45, 7) is 1.80. The fraction of sp³-hybridized carbons (Fsp3) is 0.133. The van der Waals surface area contributed by atoms with Crippen LogP contribution in [0.15, 0.2) is 48.3 Å². The Morgan fingerprint density at radius 3 is 2.67 bits per heavy atom. The standard InChI is InChI=1S/C15H13FO2/c1-2-18-15(17)14(16)10-11-7-8-12-5-3-4-6-13(12)9-11/h3-10H,2H2,1H3. The van der Waals surface area contributed by atoms with E-state index in [9.17, 15) is 9.18 Å². The van der Waals surface area contributed by atoms with Crippen LogP contribution in [-0.4, -0.2) is 12.6 Å². The topological polar surface area (TPSA) is 26.3 Å². The number of hydrogen-bond acceptors (Lipinski definition) is 2. The van der Waals surface area contributed by atoms with Crippen LogP contribution in [-0.2, 0) is 9.53 Å². The minimum absolute atomic E-state index is 0.164. The molecular weight excluding hydrogens is 231 g/mol. The summed E-state index contributed by atoms with van der Waals surface area (Å²) in [7, 11) is 0. The van der Waals surface area contributed by atoms with Crippen molar-refractivity contribution >= 4 is 22.8 Å². The minimum Gasteiger partial charge on any atom is -0.461 e. The van der Waals surface area contributed by atoms with Gasteiger partial charge in [-0.1, -0.05) is 36.4 Å². The highest BCUT2D eigenvalue weighted by atomic mass is 19.1. The lowest BCUT2D eigenvalue weighted by atomic mass is 10.1. The molecule has 2 rings (SSSR count). The van der Waals surface area contributed by atoms with Gasteiger partial charge in [-0.05, 0) is 35.4 Å². The number of fused-ring (bicyclic) bond motifs is 1. The molecule has 0 bridgehead atoms. The maximum absolute atomic E-state index is 13.5. The smallest absolute Gasteiger partial charge is 0.367 e. The van der Waals surface area contributed by atoms with E-state index in [1.54, 1.807) is 13.0 Å². The van der Waals surface area contributed by atoms with Crippen molar-refractivity contribution in [1.29, 1.82) is 0 Å². The third kappa shape index (κ3) is 2.74. The van der Waals surface area contributed by atoms with Gasteiger partial charge in [0.05, 0.1) is 6.61 Å². The van der Waals surface area contributed by atoms with Crippen LogP contribution in [0.4, 0.5) is 4.39 Å². The predicted octanol–water partition coefficient (Wildman–Crippen LogP) is 3.71. The summed E-state index contributed by atoms with van der Waals surface area (Å²) in [6, 6.07) is 13.3. The maximum Gasteiger partial charge on any atom is 0.367 e. The number of halogens is 1. The molecule has 0 radical (unpaired) electrons. The molecule has 0 atom stereocenters. The molecule has 0 heterocycles. The van der Waals surface area contributed by atoms with E-state index in [1.165, 1.54) is 6.08 Å². The van der Waals surface area contributed by atoms with Crippen molar-refractivity contribution in [3.05, 3.63) is 53.9 Å². The van der Waals surface area contributed by atoms with Crippen LogP contribution in [0.2, 0.25) is 0 Å². The molecule has 0 saturated heterocycles. The van der Waals surface area contributed by atoms with E-state index in [0.29, 0.717) is 5.56 Å². The third-order valence-electron chi connectivity index (χ3n) is 2.54. The van der Waals surface area contributed by atoms with Gasteiger partial charge in [0.1, 0.15) is 0 Å². The van der Waals surface area contributed by atoms with Crippen molar-refractivity contribution in [3.63, 3.8) is 0 Å². The molecule has 0 aliphatic carbocycles. The van der Waals surface area contributed by atoms with Crippen molar-refractivity contribution in [2.75, 3.05) is 6.61 Å². The molecule has 0 spiro atoms. The Balaban J connectivity index is 2.31. The predicted molar refractivity (Wildman–Crippen MR) is 69.7 cm³/mol. The number of rotatable bonds is 3. The average Bonchev–Trinajstić information content (AvgIpc) is 2.39. The Morgan fingerprint density at radius 2 is 1.94 bits per heavy atom. The molecule has 2 aromatic carbocycles. The SMILES string of the molecule is CCOC(=O)C(F)=Cc1ccc2ccccc2c1. The normalized spacial score (nSPS) is 11.6. The molecular formula is C15H13FO2. The van der Waals surface area contributed by atoms with Gasteiger partial charge in [0, 0.05) is 0 Å². The van der Waals surface area contributed by atoms with Gasteiger partial charge in [0.25, 0.3) is 0 Å². The zero-order valence-corrected chi connectivity index (χ0v) is 10.0. The van der Waals surface area contributed by atoms with Crippen molar-refractivity contribution in [2.45, 2.75) is 6.92 Å². The summed E-state index contributed by atoms with van der Waals surface area (Å²) in [5.41, 5.74) is 0.638. The summed E-state index contributed by atoms with van der Waals surface area (Å²) in [4.78, 5) is 11.1. The van der Waals surface area contributed by atoms with E-state index in [0.717, 1.165) is 10.8 Å². The fourth-order valence-electron chi connectivity index (χ4n) is 1.70. The van der Waals surface area contributed by atoms with Crippen LogP contribution in [0.25, 0.3) is 16.8 Å². The van der Waals surface area contributed by atoms with Crippen LogP contribution in [0, 0.1) is 0 Å². The van der Waals surface area contributed by atoms with Crippen molar-refractivity contribution in [3.8, 4) is 0 Å². The number of benzene rings is 2. The molecule has 0 unspecified atom stereocenters. The van der Waals surface area contributed by atoms with Gasteiger partial charge in [-0.3, -0.25) is 0 Å². The summed E-state index contributed by atoms with van der Waals surface area (Å²) < 4.78 is 18.0. The molecule has 0 fully saturated rings. The summed E-state index contributed by atoms with van der Waals surface area (Å²) in [6.07, 6.45) is 1.18. The Labute approximate surface area is 105 Å². The zero-order chi connectivity index (χ0) is 13.0. The van der Waals surface area contributed by atoms with E-state index in [4.69, 9.17) is 0 Å². The Bertz CT molecular complexity index is 602. The lowest BCUT2D eigenvalue weighted by molar-refractivity contribution is -0.140. The number of hydrogen-bond donors (Lipinski definition) is 0. The highest BCUT2D eigenvalue weighted by Crippen LogP contribution is 2.18. The largest absolute Gasteiger partial charge is 0.461 e. The van der Waals surface area contributed by atoms with Gasteiger partial charge in [-0.2, -0.15) is 4.39 Å². The van der Waals surface area contributed by atoms with Gasteiger partial charge in [0.15, 0.2) is 0 Å². The number of esters is 1. The van der Waals surface area contributed by atoms with E-state index in [-0.39, 0.29) is 6.61 Å². The summed E-state index contributed by atoms with van der Waals surface area (Å²) in [5, 5.41) is 2.08. The van der Waals surface area contributed by atoms with Gasteiger partial charge < -0.3 is 4.74 Å². The van der Waals surface area contributed by atoms with Gasteiger partial charge in [-0.15, -0.1) is 0 Å². The first-order valence-electron chi connectivity index (χ1n) is 5.74. The average molecular weight is 244 g/mol. The van der Waals surface area contributed by atoms with Crippen molar-refractivity contribution in [1.82, 2.24) is 0 Å². The lowest BCUT2D eigenvalue weighted by Gasteiger charge is -2.01. The monoisotopic (exact) mass is 244 g/mol. The molecule has 0 N–H and O–H groups in total. The van der Waals surface area contributed by atoms with Gasteiger partial charge in [-0.25, -0.2) is 4.79 Å². The van der Waals surface area contributed by atoms with Crippen LogP contribution < -0.4 is 0 Å². The molecule has 18 heavy (non-hydrogen) atoms. The lowest BCUT2D eigenvalue weighted by Crippen LogP contribution is -2.03. The second kappa shape index (κ2) is 5.45. The molecule has 0 aliphatic heterocycles. The molecule has 0 saturated carbocycles. The quantitative estimate of drug-likeness (QED) is 0.607. The number of carbonyl (C=O) groups is 1. The molecule has 0 aliphatic rings. The van der Waals surface area contributed by atoms with Crippen LogP contribution in [0.3, 0.4) is 0 Å². The van der Waals surface area contributed by atoms with Crippen LogP contribution in [0.5, 0.6) is 0 Å². The second-order valence-corrected chi connectivity index (χ2v) is 3.82. The maximum atomic E-state index is 13.5. The Hall–Kier alpha value is -2.16. The number of carbonyl (C=O) groups excluding carboxylic acids is 1. The van der Waals surface area contributed by atoms with Crippen LogP contribution >= 0.6 is 0 Å². The first-order valence-corrected chi connectivity index (χ1v) is 5.74. The highest BCUT2D eigenvalue weighted by Gasteiger charge is 2.09. The summed E-state index contributed by atoms with van der Waals surface area (Å²) in [5.74, 6) is -1.81. The van der Waals surface area contributed by atoms with E-state index < -0.39 is 11.8 Å². The second-order valence-electron chi connectivity index (χ2n) is 3.82. The molecule has 2 aromatic rings. The van der Waals surface area contributed by atoms with E-state index in [2.05, 4.69) is 4.74 Å². The Morgan fingerprint density at radius 1 is 1.22 bits per heavy atom. The molecule has 3 heteroatoms. The number of ether oxygens (including phenoxy) is 1. The van der Waals surface area contributed by atoms with Crippen molar-refractivity contribution in [2.24, 2.45) is 0 Å². The zero-order valence-electron chi connectivity index (χ0n) is 10.0. The summed E-state index contributed by atoms with van der Waals surface area (Å²) >= 11 is 0. The third-order valence-corrected chi connectivity index (χ3v) is 2.54. The van der Waals surface area contributed by atoms with Crippen molar-refractivity contribution < 1.29 is 13.9 Å².